The fraction of sp³-hybridized carbons (Fsp3) is 0.750. The van der Waals surface area contributed by atoms with Gasteiger partial charge in [-0.2, -0.15) is 4.98 Å². The molecule has 1 aliphatic rings. The maximum Gasteiger partial charge on any atom is 0.219 e. The Morgan fingerprint density at radius 1 is 1.30 bits per heavy atom. The van der Waals surface area contributed by atoms with Crippen LogP contribution in [0.25, 0.3) is 0 Å². The molecule has 112 valence electrons. The molecule has 2 atom stereocenters. The van der Waals surface area contributed by atoms with Crippen LogP contribution in [-0.4, -0.2) is 23.1 Å². The lowest BCUT2D eigenvalue weighted by atomic mass is 9.85. The van der Waals surface area contributed by atoms with E-state index < -0.39 is 0 Å². The molecule has 1 aromatic rings. The molecule has 4 nitrogen and oxygen atoms in total. The highest BCUT2D eigenvalue weighted by Crippen LogP contribution is 2.30. The zero-order chi connectivity index (χ0) is 14.5. The first kappa shape index (κ1) is 15.1. The molecule has 0 bridgehead atoms. The third-order valence-electron chi connectivity index (χ3n) is 4.13. The molecule has 20 heavy (non-hydrogen) atoms. The number of nitrogens with one attached hydrogen (secondary N) is 1. The van der Waals surface area contributed by atoms with Gasteiger partial charge in [0.05, 0.1) is 0 Å². The smallest absolute Gasteiger partial charge is 0.219 e. The van der Waals surface area contributed by atoms with Crippen LogP contribution < -0.4 is 10.1 Å². The Morgan fingerprint density at radius 2 is 2.05 bits per heavy atom. The Kier molecular flexibility index (Phi) is 5.21. The molecule has 0 spiro atoms. The lowest BCUT2D eigenvalue weighted by molar-refractivity contribution is 0.0855. The second-order valence-corrected chi connectivity index (χ2v) is 5.96. The lowest BCUT2D eigenvalue weighted by Gasteiger charge is -2.31. The molecule has 0 radical (unpaired) electrons. The van der Waals surface area contributed by atoms with E-state index in [1.165, 1.54) is 25.7 Å². The van der Waals surface area contributed by atoms with E-state index in [9.17, 15) is 0 Å². The highest BCUT2D eigenvalue weighted by molar-refractivity contribution is 5.38. The molecule has 1 N–H and O–H groups in total. The van der Waals surface area contributed by atoms with E-state index in [0.717, 1.165) is 23.9 Å². The third-order valence-corrected chi connectivity index (χ3v) is 4.13. The van der Waals surface area contributed by atoms with Gasteiger partial charge in [-0.15, -0.1) is 0 Å². The van der Waals surface area contributed by atoms with Crippen molar-refractivity contribution in [2.24, 2.45) is 5.92 Å². The SMILES string of the molecule is CCC1CCCCC1Oc1cc(NC)nc(C(C)C)n1. The minimum Gasteiger partial charge on any atom is -0.474 e. The molecule has 2 unspecified atom stereocenters. The fourth-order valence-electron chi connectivity index (χ4n) is 2.84. The van der Waals surface area contributed by atoms with Gasteiger partial charge >= 0.3 is 0 Å². The van der Waals surface area contributed by atoms with Gasteiger partial charge in [-0.1, -0.05) is 27.2 Å². The van der Waals surface area contributed by atoms with Gasteiger partial charge in [0.1, 0.15) is 17.7 Å². The summed E-state index contributed by atoms with van der Waals surface area (Å²) in [5.74, 6) is 3.37. The summed E-state index contributed by atoms with van der Waals surface area (Å²) in [7, 11) is 1.88. The van der Waals surface area contributed by atoms with Crippen molar-refractivity contribution in [2.75, 3.05) is 12.4 Å². The van der Waals surface area contributed by atoms with Gasteiger partial charge in [0.2, 0.25) is 5.88 Å². The Balaban J connectivity index is 2.16. The summed E-state index contributed by atoms with van der Waals surface area (Å²) in [6.07, 6.45) is 6.53. The first-order valence-electron chi connectivity index (χ1n) is 7.87. The number of hydrogen-bond acceptors (Lipinski definition) is 4. The number of rotatable bonds is 5. The van der Waals surface area contributed by atoms with Gasteiger partial charge in [-0.25, -0.2) is 4.98 Å². The second kappa shape index (κ2) is 6.91. The molecule has 1 aliphatic carbocycles. The topological polar surface area (TPSA) is 47.0 Å². The normalized spacial score (nSPS) is 22.9. The van der Waals surface area contributed by atoms with Crippen LogP contribution in [0.3, 0.4) is 0 Å². The van der Waals surface area contributed by atoms with Gasteiger partial charge in [-0.05, 0) is 31.6 Å². The Bertz CT molecular complexity index is 434. The highest BCUT2D eigenvalue weighted by Gasteiger charge is 2.26. The number of ether oxygens (including phenoxy) is 1. The summed E-state index contributed by atoms with van der Waals surface area (Å²) < 4.78 is 6.20. The van der Waals surface area contributed by atoms with Gasteiger partial charge in [0.25, 0.3) is 0 Å². The zero-order valence-electron chi connectivity index (χ0n) is 13.1. The summed E-state index contributed by atoms with van der Waals surface area (Å²) in [5, 5.41) is 3.09. The van der Waals surface area contributed by atoms with E-state index in [1.54, 1.807) is 0 Å². The molecule has 2 rings (SSSR count). The highest BCUT2D eigenvalue weighted by atomic mass is 16.5. The number of hydrogen-bond donors (Lipinski definition) is 1. The summed E-state index contributed by atoms with van der Waals surface area (Å²) in [5.41, 5.74) is 0. The molecular formula is C16H27N3O. The van der Waals surface area contributed by atoms with Crippen molar-refractivity contribution in [3.8, 4) is 5.88 Å². The lowest BCUT2D eigenvalue weighted by Crippen LogP contribution is -2.30. The Hall–Kier alpha value is -1.32. The second-order valence-electron chi connectivity index (χ2n) is 5.96. The number of anilines is 1. The zero-order valence-corrected chi connectivity index (χ0v) is 13.1. The van der Waals surface area contributed by atoms with Crippen LogP contribution in [0.5, 0.6) is 5.88 Å². The maximum atomic E-state index is 6.20. The van der Waals surface area contributed by atoms with Crippen molar-refractivity contribution in [2.45, 2.75) is 64.9 Å². The first-order valence-corrected chi connectivity index (χ1v) is 7.87. The largest absolute Gasteiger partial charge is 0.474 e. The van der Waals surface area contributed by atoms with Crippen molar-refractivity contribution < 1.29 is 4.74 Å². The van der Waals surface area contributed by atoms with Crippen LogP contribution in [0.4, 0.5) is 5.82 Å². The van der Waals surface area contributed by atoms with Crippen LogP contribution >= 0.6 is 0 Å². The van der Waals surface area contributed by atoms with E-state index in [2.05, 4.69) is 36.1 Å². The van der Waals surface area contributed by atoms with E-state index >= 15 is 0 Å². The molecule has 1 aromatic heterocycles. The van der Waals surface area contributed by atoms with Crippen molar-refractivity contribution in [3.05, 3.63) is 11.9 Å². The van der Waals surface area contributed by atoms with Crippen LogP contribution in [-0.2, 0) is 0 Å². The standard InChI is InChI=1S/C16H27N3O/c1-5-12-8-6-7-9-13(12)20-15-10-14(17-4)18-16(19-15)11(2)3/h10-13H,5-9H2,1-4H3,(H,17,18,19). The predicted molar refractivity (Wildman–Crippen MR) is 82.3 cm³/mol. The van der Waals surface area contributed by atoms with E-state index in [0.29, 0.717) is 17.9 Å². The molecule has 1 saturated carbocycles. The number of nitrogens with zero attached hydrogens (tertiary/aromatic N) is 2. The summed E-state index contributed by atoms with van der Waals surface area (Å²) >= 11 is 0. The van der Waals surface area contributed by atoms with Crippen LogP contribution in [0.2, 0.25) is 0 Å². The van der Waals surface area contributed by atoms with Crippen molar-refractivity contribution in [1.82, 2.24) is 9.97 Å². The molecule has 1 heterocycles. The van der Waals surface area contributed by atoms with Crippen LogP contribution in [0.1, 0.15) is 64.6 Å². The van der Waals surface area contributed by atoms with E-state index in [-0.39, 0.29) is 0 Å². The van der Waals surface area contributed by atoms with Crippen molar-refractivity contribution in [1.29, 1.82) is 0 Å². The fourth-order valence-corrected chi connectivity index (χ4v) is 2.84. The van der Waals surface area contributed by atoms with Crippen LogP contribution in [0, 0.1) is 5.92 Å². The van der Waals surface area contributed by atoms with E-state index in [1.807, 2.05) is 13.1 Å². The monoisotopic (exact) mass is 277 g/mol. The quantitative estimate of drug-likeness (QED) is 0.884. The van der Waals surface area contributed by atoms with Gasteiger partial charge in [0, 0.05) is 19.0 Å². The Labute approximate surface area is 122 Å². The molecule has 0 saturated heterocycles. The average Bonchev–Trinajstić information content (AvgIpc) is 2.47. The summed E-state index contributed by atoms with van der Waals surface area (Å²) in [4.78, 5) is 9.05. The van der Waals surface area contributed by atoms with Gasteiger partial charge in [-0.3, -0.25) is 0 Å². The number of aromatic nitrogens is 2. The Morgan fingerprint density at radius 3 is 2.70 bits per heavy atom. The minimum atomic E-state index is 0.305. The molecule has 4 heteroatoms. The molecule has 0 aromatic carbocycles. The van der Waals surface area contributed by atoms with Crippen molar-refractivity contribution >= 4 is 5.82 Å². The maximum absolute atomic E-state index is 6.20. The first-order chi connectivity index (χ1) is 9.63. The summed E-state index contributed by atoms with van der Waals surface area (Å²) in [6, 6.07) is 1.91. The molecule has 0 amide bonds. The third kappa shape index (κ3) is 3.62. The van der Waals surface area contributed by atoms with Crippen LogP contribution in [0.15, 0.2) is 6.07 Å². The minimum absolute atomic E-state index is 0.305. The van der Waals surface area contributed by atoms with Crippen molar-refractivity contribution in [3.63, 3.8) is 0 Å². The molecule has 0 aliphatic heterocycles. The molecule has 1 fully saturated rings. The summed E-state index contributed by atoms with van der Waals surface area (Å²) in [6.45, 7) is 6.47. The van der Waals surface area contributed by atoms with Gasteiger partial charge in [0.15, 0.2) is 0 Å². The average molecular weight is 277 g/mol. The van der Waals surface area contributed by atoms with Gasteiger partial charge < -0.3 is 10.1 Å². The predicted octanol–water partition coefficient (Wildman–Crippen LogP) is 3.99. The van der Waals surface area contributed by atoms with E-state index in [4.69, 9.17) is 4.74 Å². The molecular weight excluding hydrogens is 250 g/mol.